The van der Waals surface area contributed by atoms with Gasteiger partial charge in [-0.05, 0) is 46.1 Å². The molecule has 0 amide bonds. The van der Waals surface area contributed by atoms with E-state index < -0.39 is 17.2 Å². The van der Waals surface area contributed by atoms with Crippen LogP contribution < -0.4 is 16.1 Å². The Morgan fingerprint density at radius 2 is 2.04 bits per heavy atom. The van der Waals surface area contributed by atoms with Crippen LogP contribution in [-0.4, -0.2) is 39.8 Å². The number of anilines is 1. The zero-order valence-electron chi connectivity index (χ0n) is 16.5. The van der Waals surface area contributed by atoms with Crippen LogP contribution >= 0.6 is 0 Å². The van der Waals surface area contributed by atoms with E-state index in [0.717, 1.165) is 38.8 Å². The number of aromatic nitrogens is 2. The molecule has 1 aliphatic carbocycles. The van der Waals surface area contributed by atoms with Crippen molar-refractivity contribution in [3.05, 3.63) is 33.4 Å². The van der Waals surface area contributed by atoms with Gasteiger partial charge in [0.05, 0.1) is 5.39 Å². The summed E-state index contributed by atoms with van der Waals surface area (Å²) in [7, 11) is 0. The molecule has 0 radical (unpaired) electrons. The molecule has 2 aliphatic rings. The molecule has 0 bridgehead atoms. The molecule has 28 heavy (non-hydrogen) atoms. The smallest absolute Gasteiger partial charge is 0.341 e. The van der Waals surface area contributed by atoms with E-state index in [2.05, 4.69) is 4.98 Å². The summed E-state index contributed by atoms with van der Waals surface area (Å²) in [5.41, 5.74) is 4.43. The molecule has 1 unspecified atom stereocenters. The predicted octanol–water partition coefficient (Wildman–Crippen LogP) is 2.83. The standard InChI is InChI=1S/C18H20FN3O3.C2H7N/c1-9-4-3-7-21(9)17-14(19)10(2)13-15(23)12(18(24)25)8-22(11-5-6-11)16(13)20-17;1-2-3/h8-9,11H,3-7H2,1-2H3,(H,24,25);2-3H2,1H3. The number of nitrogens with zero attached hydrogens (tertiary/aromatic N) is 3. The Morgan fingerprint density at radius 1 is 1.39 bits per heavy atom. The van der Waals surface area contributed by atoms with E-state index >= 15 is 4.39 Å². The van der Waals surface area contributed by atoms with Gasteiger partial charge in [0.2, 0.25) is 5.43 Å². The molecular weight excluding hydrogens is 363 g/mol. The van der Waals surface area contributed by atoms with E-state index in [1.54, 1.807) is 4.57 Å². The second-order valence-corrected chi connectivity index (χ2v) is 7.48. The van der Waals surface area contributed by atoms with Gasteiger partial charge in [0.15, 0.2) is 11.6 Å². The highest BCUT2D eigenvalue weighted by Crippen LogP contribution is 2.38. The molecule has 2 aromatic rings. The third-order valence-corrected chi connectivity index (χ3v) is 5.32. The minimum atomic E-state index is -1.29. The number of aromatic carboxylic acids is 1. The van der Waals surface area contributed by atoms with Gasteiger partial charge < -0.3 is 20.3 Å². The summed E-state index contributed by atoms with van der Waals surface area (Å²) in [5, 5.41) is 9.42. The Bertz CT molecular complexity index is 968. The SMILES string of the molecule is CCN.Cc1c(F)c(N2CCCC2C)nc2c1c(=O)c(C(=O)O)cn2C1CC1. The first-order chi connectivity index (χ1) is 13.3. The van der Waals surface area contributed by atoms with E-state index in [0.29, 0.717) is 5.65 Å². The number of aryl methyl sites for hydroxylation is 1. The maximum atomic E-state index is 15.0. The normalized spacial score (nSPS) is 18.9. The number of pyridine rings is 2. The van der Waals surface area contributed by atoms with Crippen LogP contribution in [0.3, 0.4) is 0 Å². The zero-order valence-corrected chi connectivity index (χ0v) is 16.5. The van der Waals surface area contributed by atoms with Crippen molar-refractivity contribution in [3.63, 3.8) is 0 Å². The quantitative estimate of drug-likeness (QED) is 0.836. The lowest BCUT2D eigenvalue weighted by Gasteiger charge is -2.25. The van der Waals surface area contributed by atoms with Gasteiger partial charge in [-0.3, -0.25) is 4.79 Å². The van der Waals surface area contributed by atoms with Gasteiger partial charge in [0, 0.05) is 30.4 Å². The van der Waals surface area contributed by atoms with Gasteiger partial charge in [-0.2, -0.15) is 0 Å². The van der Waals surface area contributed by atoms with Crippen molar-refractivity contribution in [2.75, 3.05) is 18.0 Å². The van der Waals surface area contributed by atoms with Crippen molar-refractivity contribution in [2.24, 2.45) is 5.73 Å². The lowest BCUT2D eigenvalue weighted by atomic mass is 10.1. The first-order valence-corrected chi connectivity index (χ1v) is 9.76. The molecule has 4 rings (SSSR count). The largest absolute Gasteiger partial charge is 0.477 e. The maximum Gasteiger partial charge on any atom is 0.341 e. The summed E-state index contributed by atoms with van der Waals surface area (Å²) >= 11 is 0. The third kappa shape index (κ3) is 3.48. The van der Waals surface area contributed by atoms with Crippen LogP contribution in [0.15, 0.2) is 11.0 Å². The first kappa shape index (κ1) is 20.3. The molecule has 1 atom stereocenters. The second kappa shape index (κ2) is 7.87. The summed E-state index contributed by atoms with van der Waals surface area (Å²) in [6, 6.07) is 0.320. The fraction of sp³-hybridized carbons (Fsp3) is 0.550. The fourth-order valence-electron chi connectivity index (χ4n) is 3.72. The van der Waals surface area contributed by atoms with E-state index in [1.807, 2.05) is 18.7 Å². The summed E-state index contributed by atoms with van der Waals surface area (Å²) in [4.78, 5) is 30.5. The van der Waals surface area contributed by atoms with Crippen molar-refractivity contribution >= 4 is 22.8 Å². The molecular formula is C20H27FN4O3. The summed E-state index contributed by atoms with van der Waals surface area (Å²) in [6.07, 6.45) is 5.14. The molecule has 1 saturated carbocycles. The van der Waals surface area contributed by atoms with Gasteiger partial charge in [-0.25, -0.2) is 14.2 Å². The van der Waals surface area contributed by atoms with Crippen molar-refractivity contribution in [2.45, 2.75) is 58.5 Å². The Balaban J connectivity index is 0.000000706. The Kier molecular flexibility index (Phi) is 5.69. The average molecular weight is 390 g/mol. The number of halogens is 1. The van der Waals surface area contributed by atoms with Gasteiger partial charge in [-0.15, -0.1) is 0 Å². The molecule has 2 aromatic heterocycles. The molecule has 3 heterocycles. The second-order valence-electron chi connectivity index (χ2n) is 7.48. The Labute approximate surface area is 163 Å². The topological polar surface area (TPSA) is 101 Å². The highest BCUT2D eigenvalue weighted by atomic mass is 19.1. The Hall–Kier alpha value is -2.48. The van der Waals surface area contributed by atoms with Crippen LogP contribution in [0.25, 0.3) is 11.0 Å². The number of fused-ring (bicyclic) bond motifs is 1. The lowest BCUT2D eigenvalue weighted by molar-refractivity contribution is 0.0695. The summed E-state index contributed by atoms with van der Waals surface area (Å²) in [5.74, 6) is -1.55. The van der Waals surface area contributed by atoms with Crippen molar-refractivity contribution in [1.82, 2.24) is 9.55 Å². The number of carboxylic acid groups (broad SMARTS) is 1. The van der Waals surface area contributed by atoms with Crippen LogP contribution in [0.1, 0.15) is 61.5 Å². The van der Waals surface area contributed by atoms with Crippen LogP contribution in [0, 0.1) is 12.7 Å². The molecule has 8 heteroatoms. The molecule has 1 aliphatic heterocycles. The fourth-order valence-corrected chi connectivity index (χ4v) is 3.72. The van der Waals surface area contributed by atoms with Gasteiger partial charge in [-0.1, -0.05) is 6.92 Å². The molecule has 0 aromatic carbocycles. The highest BCUT2D eigenvalue weighted by Gasteiger charge is 2.31. The minimum Gasteiger partial charge on any atom is -0.477 e. The van der Waals surface area contributed by atoms with E-state index in [4.69, 9.17) is 5.73 Å². The van der Waals surface area contributed by atoms with Crippen molar-refractivity contribution in [3.8, 4) is 0 Å². The molecule has 3 N–H and O–H groups in total. The summed E-state index contributed by atoms with van der Waals surface area (Å²) < 4.78 is 16.8. The number of carbonyl (C=O) groups is 1. The molecule has 2 fully saturated rings. The number of hydrogen-bond donors (Lipinski definition) is 2. The monoisotopic (exact) mass is 390 g/mol. The molecule has 152 valence electrons. The zero-order chi connectivity index (χ0) is 20.6. The molecule has 1 saturated heterocycles. The number of hydrogen-bond acceptors (Lipinski definition) is 5. The lowest BCUT2D eigenvalue weighted by Crippen LogP contribution is -2.29. The van der Waals surface area contributed by atoms with Crippen molar-refractivity contribution < 1.29 is 14.3 Å². The van der Waals surface area contributed by atoms with Crippen LogP contribution in [0.5, 0.6) is 0 Å². The maximum absolute atomic E-state index is 15.0. The van der Waals surface area contributed by atoms with Gasteiger partial charge in [0.1, 0.15) is 11.2 Å². The first-order valence-electron chi connectivity index (χ1n) is 9.76. The van der Waals surface area contributed by atoms with Gasteiger partial charge >= 0.3 is 5.97 Å². The van der Waals surface area contributed by atoms with Gasteiger partial charge in [0.25, 0.3) is 0 Å². The highest BCUT2D eigenvalue weighted by molar-refractivity contribution is 5.93. The Morgan fingerprint density at radius 3 is 2.54 bits per heavy atom. The average Bonchev–Trinajstić information content (AvgIpc) is 3.39. The van der Waals surface area contributed by atoms with Crippen LogP contribution in [0.2, 0.25) is 0 Å². The van der Waals surface area contributed by atoms with E-state index in [9.17, 15) is 14.7 Å². The number of rotatable bonds is 3. The molecule has 7 nitrogen and oxygen atoms in total. The molecule has 0 spiro atoms. The summed E-state index contributed by atoms with van der Waals surface area (Å²) in [6.45, 7) is 6.96. The van der Waals surface area contributed by atoms with E-state index in [-0.39, 0.29) is 34.4 Å². The number of carboxylic acids is 1. The van der Waals surface area contributed by atoms with Crippen LogP contribution in [0.4, 0.5) is 10.2 Å². The van der Waals surface area contributed by atoms with Crippen molar-refractivity contribution in [1.29, 1.82) is 0 Å². The predicted molar refractivity (Wildman–Crippen MR) is 107 cm³/mol. The number of nitrogens with two attached hydrogens (primary N) is 1. The van der Waals surface area contributed by atoms with E-state index in [1.165, 1.54) is 13.1 Å². The third-order valence-electron chi connectivity index (χ3n) is 5.32. The van der Waals surface area contributed by atoms with Crippen LogP contribution in [-0.2, 0) is 0 Å². The minimum absolute atomic E-state index is 0.0832.